The second-order valence-corrected chi connectivity index (χ2v) is 8.21. The van der Waals surface area contributed by atoms with Crippen LogP contribution in [0.25, 0.3) is 0 Å². The van der Waals surface area contributed by atoms with Crippen LogP contribution in [0.2, 0.25) is 0 Å². The van der Waals surface area contributed by atoms with E-state index in [1.165, 1.54) is 17.8 Å². The maximum absolute atomic E-state index is 12.1. The number of aromatic nitrogens is 3. The Morgan fingerprint density at radius 1 is 1.36 bits per heavy atom. The van der Waals surface area contributed by atoms with Gasteiger partial charge < -0.3 is 5.32 Å². The summed E-state index contributed by atoms with van der Waals surface area (Å²) < 4.78 is 1.75. The van der Waals surface area contributed by atoms with E-state index in [0.717, 1.165) is 42.7 Å². The second-order valence-electron chi connectivity index (χ2n) is 7.35. The summed E-state index contributed by atoms with van der Waals surface area (Å²) in [4.78, 5) is 19.2. The molecular weight excluding hydrogens is 334 g/mol. The number of nitrogens with one attached hydrogen (secondary N) is 1. The number of aryl methyl sites for hydroxylation is 2. The molecule has 0 spiro atoms. The highest BCUT2D eigenvalue weighted by molar-refractivity contribution is 7.13. The van der Waals surface area contributed by atoms with Crippen LogP contribution in [0, 0.1) is 11.8 Å². The lowest BCUT2D eigenvalue weighted by Crippen LogP contribution is -2.38. The Kier molecular flexibility index (Phi) is 5.86. The van der Waals surface area contributed by atoms with Crippen molar-refractivity contribution >= 4 is 22.4 Å². The maximum atomic E-state index is 12.1. The molecule has 6 nitrogen and oxygen atoms in total. The zero-order chi connectivity index (χ0) is 17.8. The molecule has 0 aromatic carbocycles. The number of amides is 1. The zero-order valence-corrected chi connectivity index (χ0v) is 16.1. The van der Waals surface area contributed by atoms with Crippen molar-refractivity contribution in [2.75, 3.05) is 18.4 Å². The summed E-state index contributed by atoms with van der Waals surface area (Å²) in [6.45, 7) is 7.77. The van der Waals surface area contributed by atoms with E-state index in [-0.39, 0.29) is 5.91 Å². The van der Waals surface area contributed by atoms with Crippen LogP contribution in [0.3, 0.4) is 0 Å². The number of hydrogen-bond acceptors (Lipinski definition) is 5. The Bertz CT molecular complexity index is 700. The molecular formula is C18H27N5OS. The first-order chi connectivity index (χ1) is 12.0. The highest BCUT2D eigenvalue weighted by Gasteiger charge is 2.22. The number of rotatable bonds is 6. The molecule has 1 saturated heterocycles. The quantitative estimate of drug-likeness (QED) is 0.859. The van der Waals surface area contributed by atoms with Gasteiger partial charge in [0, 0.05) is 44.7 Å². The lowest BCUT2D eigenvalue weighted by atomic mass is 9.92. The Morgan fingerprint density at radius 2 is 2.12 bits per heavy atom. The van der Waals surface area contributed by atoms with Gasteiger partial charge in [0.15, 0.2) is 5.13 Å². The highest BCUT2D eigenvalue weighted by atomic mass is 32.1. The fourth-order valence-corrected chi connectivity index (χ4v) is 4.35. The minimum absolute atomic E-state index is 0.00460. The summed E-state index contributed by atoms with van der Waals surface area (Å²) >= 11 is 1.51. The molecule has 0 radical (unpaired) electrons. The van der Waals surface area contributed by atoms with Gasteiger partial charge in [-0.1, -0.05) is 13.8 Å². The summed E-state index contributed by atoms with van der Waals surface area (Å²) in [5, 5.41) is 9.79. The molecule has 3 heterocycles. The monoisotopic (exact) mass is 361 g/mol. The van der Waals surface area contributed by atoms with Crippen LogP contribution in [0.1, 0.15) is 37.9 Å². The van der Waals surface area contributed by atoms with E-state index in [4.69, 9.17) is 0 Å². The van der Waals surface area contributed by atoms with Gasteiger partial charge in [-0.25, -0.2) is 4.98 Å². The van der Waals surface area contributed by atoms with Gasteiger partial charge in [-0.3, -0.25) is 14.4 Å². The fraction of sp³-hybridized carbons (Fsp3) is 0.611. The third-order valence-electron chi connectivity index (χ3n) is 4.53. The van der Waals surface area contributed by atoms with Gasteiger partial charge in [0.1, 0.15) is 0 Å². The number of nitrogens with zero attached hydrogens (tertiary/aromatic N) is 4. The normalized spacial score (nSPS) is 21.4. The van der Waals surface area contributed by atoms with Crippen molar-refractivity contribution in [2.45, 2.75) is 39.7 Å². The number of carbonyl (C=O) groups excluding carboxylic acids is 1. The molecule has 3 rings (SSSR count). The van der Waals surface area contributed by atoms with Crippen molar-refractivity contribution in [3.63, 3.8) is 0 Å². The highest BCUT2D eigenvalue weighted by Crippen LogP contribution is 2.24. The Hall–Kier alpha value is -1.73. The van der Waals surface area contributed by atoms with Crippen LogP contribution >= 0.6 is 11.3 Å². The van der Waals surface area contributed by atoms with E-state index in [0.29, 0.717) is 18.0 Å². The molecule has 7 heteroatoms. The van der Waals surface area contributed by atoms with Crippen molar-refractivity contribution in [3.8, 4) is 0 Å². The second kappa shape index (κ2) is 8.10. The average molecular weight is 362 g/mol. The standard InChI is InChI=1S/C18H27N5OS/c1-13-6-14(2)9-23(8-13)11-16-12-25-18(20-16)21-17(24)5-4-15-7-19-22(3)10-15/h7,10,12-14H,4-6,8-9,11H2,1-3H3,(H,20,21,24). The molecule has 136 valence electrons. The third-order valence-corrected chi connectivity index (χ3v) is 5.33. The predicted molar refractivity (Wildman–Crippen MR) is 100 cm³/mol. The van der Waals surface area contributed by atoms with Crippen molar-refractivity contribution in [2.24, 2.45) is 18.9 Å². The van der Waals surface area contributed by atoms with Gasteiger partial charge in [-0.2, -0.15) is 5.10 Å². The molecule has 2 aromatic rings. The van der Waals surface area contributed by atoms with E-state index in [1.54, 1.807) is 10.9 Å². The summed E-state index contributed by atoms with van der Waals surface area (Å²) in [6.07, 6.45) is 6.19. The molecule has 1 fully saturated rings. The first kappa shape index (κ1) is 18.1. The van der Waals surface area contributed by atoms with Gasteiger partial charge in [0.05, 0.1) is 11.9 Å². The molecule has 1 N–H and O–H groups in total. The van der Waals surface area contributed by atoms with Gasteiger partial charge in [0.2, 0.25) is 5.91 Å². The van der Waals surface area contributed by atoms with Crippen LogP contribution in [-0.2, 0) is 24.8 Å². The fourth-order valence-electron chi connectivity index (χ4n) is 3.63. The van der Waals surface area contributed by atoms with E-state index >= 15 is 0 Å². The Morgan fingerprint density at radius 3 is 2.80 bits per heavy atom. The molecule has 1 aliphatic rings. The lowest BCUT2D eigenvalue weighted by Gasteiger charge is -2.34. The summed E-state index contributed by atoms with van der Waals surface area (Å²) in [5.74, 6) is 1.49. The number of hydrogen-bond donors (Lipinski definition) is 1. The number of piperidine rings is 1. The van der Waals surface area contributed by atoms with Crippen molar-refractivity contribution in [1.29, 1.82) is 0 Å². The van der Waals surface area contributed by atoms with Crippen molar-refractivity contribution < 1.29 is 4.79 Å². The first-order valence-electron chi connectivity index (χ1n) is 8.92. The minimum atomic E-state index is 0.00460. The van der Waals surface area contributed by atoms with Crippen LogP contribution in [0.5, 0.6) is 0 Å². The zero-order valence-electron chi connectivity index (χ0n) is 15.2. The predicted octanol–water partition coefficient (Wildman–Crippen LogP) is 2.93. The van der Waals surface area contributed by atoms with Crippen LogP contribution < -0.4 is 5.32 Å². The molecule has 0 saturated carbocycles. The molecule has 2 atom stereocenters. The van der Waals surface area contributed by atoms with E-state index in [1.807, 2.05) is 13.2 Å². The molecule has 2 aromatic heterocycles. The molecule has 0 bridgehead atoms. The molecule has 1 amide bonds. The van der Waals surface area contributed by atoms with E-state index in [9.17, 15) is 4.79 Å². The Balaban J connectivity index is 1.47. The van der Waals surface area contributed by atoms with E-state index in [2.05, 4.69) is 39.5 Å². The average Bonchev–Trinajstić information content (AvgIpc) is 3.13. The van der Waals surface area contributed by atoms with E-state index < -0.39 is 0 Å². The molecule has 2 unspecified atom stereocenters. The summed E-state index contributed by atoms with van der Waals surface area (Å²) in [7, 11) is 1.88. The SMILES string of the molecule is CC1CC(C)CN(Cc2csc(NC(=O)CCc3cnn(C)c3)n2)C1. The molecule has 0 aliphatic carbocycles. The summed E-state index contributed by atoms with van der Waals surface area (Å²) in [5.41, 5.74) is 2.12. The smallest absolute Gasteiger partial charge is 0.226 e. The number of anilines is 1. The van der Waals surface area contributed by atoms with Crippen LogP contribution in [0.4, 0.5) is 5.13 Å². The molecule has 1 aliphatic heterocycles. The van der Waals surface area contributed by atoms with Crippen LogP contribution in [-0.4, -0.2) is 38.7 Å². The third kappa shape index (κ3) is 5.37. The number of likely N-dealkylation sites (tertiary alicyclic amines) is 1. The van der Waals surface area contributed by atoms with Gasteiger partial charge >= 0.3 is 0 Å². The Labute approximate surface area is 153 Å². The lowest BCUT2D eigenvalue weighted by molar-refractivity contribution is -0.116. The summed E-state index contributed by atoms with van der Waals surface area (Å²) in [6, 6.07) is 0. The number of carbonyl (C=O) groups is 1. The maximum Gasteiger partial charge on any atom is 0.226 e. The van der Waals surface area contributed by atoms with Crippen LogP contribution in [0.15, 0.2) is 17.8 Å². The topological polar surface area (TPSA) is 63.1 Å². The largest absolute Gasteiger partial charge is 0.302 e. The van der Waals surface area contributed by atoms with Gasteiger partial charge in [0.25, 0.3) is 0 Å². The van der Waals surface area contributed by atoms with Crippen molar-refractivity contribution in [1.82, 2.24) is 19.7 Å². The van der Waals surface area contributed by atoms with Gasteiger partial charge in [-0.15, -0.1) is 11.3 Å². The molecule has 25 heavy (non-hydrogen) atoms. The number of thiazole rings is 1. The van der Waals surface area contributed by atoms with Crippen molar-refractivity contribution in [3.05, 3.63) is 29.0 Å². The first-order valence-corrected chi connectivity index (χ1v) is 9.80. The van der Waals surface area contributed by atoms with Gasteiger partial charge in [-0.05, 0) is 30.2 Å². The minimum Gasteiger partial charge on any atom is -0.302 e.